The quantitative estimate of drug-likeness (QED) is 0.902. The SMILES string of the molecule is O=C(O)C1CCCCCN1C(=O)C1Cc2ccccc2O1. The van der Waals surface area contributed by atoms with E-state index in [2.05, 4.69) is 0 Å². The average molecular weight is 289 g/mol. The number of fused-ring (bicyclic) bond motifs is 1. The minimum absolute atomic E-state index is 0.194. The molecule has 2 unspecified atom stereocenters. The maximum absolute atomic E-state index is 12.7. The standard InChI is InChI=1S/C16H19NO4/c18-15(14-10-11-6-3-4-8-13(11)21-14)17-9-5-1-2-7-12(17)16(19)20/h3-4,6,8,12,14H,1-2,5,7,9-10H2,(H,19,20). The van der Waals surface area contributed by atoms with Crippen LogP contribution in [0.15, 0.2) is 24.3 Å². The fraction of sp³-hybridized carbons (Fsp3) is 0.500. The summed E-state index contributed by atoms with van der Waals surface area (Å²) in [5.41, 5.74) is 1.01. The molecule has 1 N–H and O–H groups in total. The third-order valence-electron chi connectivity index (χ3n) is 4.24. The molecule has 1 aromatic rings. The Bertz CT molecular complexity index is 532. The highest BCUT2D eigenvalue weighted by atomic mass is 16.5. The van der Waals surface area contributed by atoms with Crippen LogP contribution in [0.1, 0.15) is 31.2 Å². The summed E-state index contributed by atoms with van der Waals surface area (Å²) in [6.07, 6.45) is 3.15. The third kappa shape index (κ3) is 2.73. The highest BCUT2D eigenvalue weighted by Crippen LogP contribution is 2.30. The van der Waals surface area contributed by atoms with Gasteiger partial charge in [-0.1, -0.05) is 31.0 Å². The van der Waals surface area contributed by atoms with Gasteiger partial charge in [-0.2, -0.15) is 0 Å². The molecule has 2 aliphatic rings. The molecule has 2 aliphatic heterocycles. The molecule has 0 radical (unpaired) electrons. The predicted molar refractivity (Wildman–Crippen MR) is 76.2 cm³/mol. The maximum atomic E-state index is 12.7. The van der Waals surface area contributed by atoms with Crippen molar-refractivity contribution in [2.45, 2.75) is 44.2 Å². The van der Waals surface area contributed by atoms with E-state index in [9.17, 15) is 14.7 Å². The van der Waals surface area contributed by atoms with Gasteiger partial charge in [0.05, 0.1) is 0 Å². The number of carboxylic acids is 1. The summed E-state index contributed by atoms with van der Waals surface area (Å²) in [6.45, 7) is 0.506. The second-order valence-corrected chi connectivity index (χ2v) is 5.65. The van der Waals surface area contributed by atoms with Gasteiger partial charge in [0.15, 0.2) is 6.10 Å². The van der Waals surface area contributed by atoms with Crippen molar-refractivity contribution in [3.8, 4) is 5.75 Å². The Morgan fingerprint density at radius 2 is 2.00 bits per heavy atom. The zero-order chi connectivity index (χ0) is 14.8. The number of para-hydroxylation sites is 1. The van der Waals surface area contributed by atoms with Gasteiger partial charge in [-0.05, 0) is 24.5 Å². The molecule has 0 aliphatic carbocycles. The van der Waals surface area contributed by atoms with Crippen LogP contribution in [0.4, 0.5) is 0 Å². The fourth-order valence-electron chi connectivity index (χ4n) is 3.13. The zero-order valence-corrected chi connectivity index (χ0v) is 11.8. The van der Waals surface area contributed by atoms with Gasteiger partial charge in [-0.15, -0.1) is 0 Å². The van der Waals surface area contributed by atoms with Crippen LogP contribution in [-0.4, -0.2) is 40.6 Å². The van der Waals surface area contributed by atoms with Crippen LogP contribution < -0.4 is 4.74 Å². The van der Waals surface area contributed by atoms with Crippen molar-refractivity contribution >= 4 is 11.9 Å². The number of likely N-dealkylation sites (tertiary alicyclic amines) is 1. The van der Waals surface area contributed by atoms with Crippen LogP contribution >= 0.6 is 0 Å². The Hall–Kier alpha value is -2.04. The lowest BCUT2D eigenvalue weighted by Gasteiger charge is -2.29. The largest absolute Gasteiger partial charge is 0.480 e. The molecule has 0 aromatic heterocycles. The Balaban J connectivity index is 1.76. The van der Waals surface area contributed by atoms with E-state index in [-0.39, 0.29) is 5.91 Å². The van der Waals surface area contributed by atoms with E-state index in [0.717, 1.165) is 30.6 Å². The summed E-state index contributed by atoms with van der Waals surface area (Å²) in [7, 11) is 0. The molecule has 3 rings (SSSR count). The molecule has 0 bridgehead atoms. The van der Waals surface area contributed by atoms with Gasteiger partial charge in [0.25, 0.3) is 5.91 Å². The minimum Gasteiger partial charge on any atom is -0.480 e. The Morgan fingerprint density at radius 1 is 1.19 bits per heavy atom. The number of hydrogen-bond donors (Lipinski definition) is 1. The van der Waals surface area contributed by atoms with Gasteiger partial charge in [0, 0.05) is 13.0 Å². The van der Waals surface area contributed by atoms with Crippen molar-refractivity contribution in [1.82, 2.24) is 4.90 Å². The van der Waals surface area contributed by atoms with E-state index < -0.39 is 18.1 Å². The highest BCUT2D eigenvalue weighted by molar-refractivity contribution is 5.87. The molecule has 21 heavy (non-hydrogen) atoms. The normalized spacial score (nSPS) is 24.9. The molecule has 1 fully saturated rings. The molecule has 1 amide bonds. The highest BCUT2D eigenvalue weighted by Gasteiger charge is 2.38. The second-order valence-electron chi connectivity index (χ2n) is 5.65. The Kier molecular flexibility index (Phi) is 3.82. The zero-order valence-electron chi connectivity index (χ0n) is 11.8. The smallest absolute Gasteiger partial charge is 0.326 e. The number of carbonyl (C=O) groups is 2. The lowest BCUT2D eigenvalue weighted by molar-refractivity contribution is -0.153. The number of benzene rings is 1. The number of rotatable bonds is 2. The van der Waals surface area contributed by atoms with E-state index in [1.165, 1.54) is 4.90 Å². The molecule has 2 atom stereocenters. The van der Waals surface area contributed by atoms with Crippen LogP contribution in [0.3, 0.4) is 0 Å². The number of nitrogens with zero attached hydrogens (tertiary/aromatic N) is 1. The predicted octanol–water partition coefficient (Wildman–Crippen LogP) is 1.85. The molecule has 5 heteroatoms. The van der Waals surface area contributed by atoms with E-state index in [1.54, 1.807) is 0 Å². The lowest BCUT2D eigenvalue weighted by atomic mass is 10.1. The van der Waals surface area contributed by atoms with Gasteiger partial charge in [-0.25, -0.2) is 4.79 Å². The number of hydrogen-bond acceptors (Lipinski definition) is 3. The topological polar surface area (TPSA) is 66.8 Å². The van der Waals surface area contributed by atoms with Crippen molar-refractivity contribution in [3.05, 3.63) is 29.8 Å². The Labute approximate surface area is 123 Å². The monoisotopic (exact) mass is 289 g/mol. The summed E-state index contributed by atoms with van der Waals surface area (Å²) >= 11 is 0. The molecule has 2 heterocycles. The first-order chi connectivity index (χ1) is 10.2. The van der Waals surface area contributed by atoms with Gasteiger partial charge in [-0.3, -0.25) is 4.79 Å². The molecule has 0 spiro atoms. The minimum atomic E-state index is -0.916. The van der Waals surface area contributed by atoms with Crippen LogP contribution in [0.25, 0.3) is 0 Å². The molecule has 0 saturated carbocycles. The average Bonchev–Trinajstić information content (AvgIpc) is 2.75. The number of carbonyl (C=O) groups excluding carboxylic acids is 1. The molecular formula is C16H19NO4. The fourth-order valence-corrected chi connectivity index (χ4v) is 3.13. The summed E-state index contributed by atoms with van der Waals surface area (Å²) in [6, 6.07) is 6.87. The second kappa shape index (κ2) is 5.76. The summed E-state index contributed by atoms with van der Waals surface area (Å²) in [5, 5.41) is 9.36. The van der Waals surface area contributed by atoms with E-state index >= 15 is 0 Å². The molecule has 112 valence electrons. The lowest BCUT2D eigenvalue weighted by Crippen LogP contribution is -2.50. The van der Waals surface area contributed by atoms with Crippen LogP contribution in [0, 0.1) is 0 Å². The van der Waals surface area contributed by atoms with E-state index in [0.29, 0.717) is 19.4 Å². The van der Waals surface area contributed by atoms with Gasteiger partial charge in [0.2, 0.25) is 0 Å². The first-order valence-electron chi connectivity index (χ1n) is 7.44. The number of aliphatic carboxylic acids is 1. The van der Waals surface area contributed by atoms with Crippen molar-refractivity contribution in [3.63, 3.8) is 0 Å². The van der Waals surface area contributed by atoms with Gasteiger partial charge >= 0.3 is 5.97 Å². The van der Waals surface area contributed by atoms with E-state index in [1.807, 2.05) is 24.3 Å². The van der Waals surface area contributed by atoms with Crippen molar-refractivity contribution in [2.24, 2.45) is 0 Å². The summed E-state index contributed by atoms with van der Waals surface area (Å²) < 4.78 is 5.71. The molecule has 1 saturated heterocycles. The molecule has 1 aromatic carbocycles. The van der Waals surface area contributed by atoms with Crippen LogP contribution in [0.2, 0.25) is 0 Å². The molecule has 5 nitrogen and oxygen atoms in total. The van der Waals surface area contributed by atoms with Crippen molar-refractivity contribution < 1.29 is 19.4 Å². The first-order valence-corrected chi connectivity index (χ1v) is 7.44. The van der Waals surface area contributed by atoms with Crippen molar-refractivity contribution in [1.29, 1.82) is 0 Å². The number of ether oxygens (including phenoxy) is 1. The van der Waals surface area contributed by atoms with Gasteiger partial charge < -0.3 is 14.7 Å². The summed E-state index contributed by atoms with van der Waals surface area (Å²) in [5.74, 6) is -0.376. The van der Waals surface area contributed by atoms with Gasteiger partial charge in [0.1, 0.15) is 11.8 Å². The Morgan fingerprint density at radius 3 is 2.76 bits per heavy atom. The van der Waals surface area contributed by atoms with Crippen molar-refractivity contribution in [2.75, 3.05) is 6.54 Å². The first kappa shape index (κ1) is 13.9. The summed E-state index contributed by atoms with van der Waals surface area (Å²) in [4.78, 5) is 25.6. The number of carboxylic acid groups (broad SMARTS) is 1. The van der Waals surface area contributed by atoms with Crippen LogP contribution in [0.5, 0.6) is 5.75 Å². The van der Waals surface area contributed by atoms with E-state index in [4.69, 9.17) is 4.74 Å². The van der Waals surface area contributed by atoms with Crippen LogP contribution in [-0.2, 0) is 16.0 Å². The number of amides is 1. The maximum Gasteiger partial charge on any atom is 0.326 e. The molecular weight excluding hydrogens is 270 g/mol. The third-order valence-corrected chi connectivity index (χ3v) is 4.24.